The van der Waals surface area contributed by atoms with Gasteiger partial charge >= 0.3 is 5.97 Å². The summed E-state index contributed by atoms with van der Waals surface area (Å²) in [5.41, 5.74) is 0.287. The van der Waals surface area contributed by atoms with Crippen molar-refractivity contribution in [2.45, 2.75) is 50.6 Å². The van der Waals surface area contributed by atoms with Gasteiger partial charge in [0, 0.05) is 13.0 Å². The SMILES string of the molecule is CCC(C)N(C1CC(=O)N(c2ccc(OC(C)=O)cc2)C1=O)S(=O)(=O)c1ccccc1. The van der Waals surface area contributed by atoms with Crippen LogP contribution in [0.4, 0.5) is 5.69 Å². The van der Waals surface area contributed by atoms with Gasteiger partial charge in [-0.15, -0.1) is 0 Å². The van der Waals surface area contributed by atoms with Crippen LogP contribution in [0.15, 0.2) is 59.5 Å². The summed E-state index contributed by atoms with van der Waals surface area (Å²) in [6.07, 6.45) is 0.224. The van der Waals surface area contributed by atoms with Crippen molar-refractivity contribution < 1.29 is 27.5 Å². The van der Waals surface area contributed by atoms with Crippen LogP contribution in [-0.4, -0.2) is 42.6 Å². The van der Waals surface area contributed by atoms with Gasteiger partial charge in [0.1, 0.15) is 11.8 Å². The van der Waals surface area contributed by atoms with E-state index in [1.54, 1.807) is 25.1 Å². The smallest absolute Gasteiger partial charge is 0.308 e. The second kappa shape index (κ2) is 8.99. The van der Waals surface area contributed by atoms with E-state index in [1.807, 2.05) is 6.92 Å². The van der Waals surface area contributed by atoms with E-state index in [2.05, 4.69) is 0 Å². The number of amides is 2. The minimum absolute atomic E-state index is 0.0692. The van der Waals surface area contributed by atoms with E-state index in [9.17, 15) is 22.8 Å². The van der Waals surface area contributed by atoms with Gasteiger partial charge in [-0.1, -0.05) is 25.1 Å². The van der Waals surface area contributed by atoms with Gasteiger partial charge in [-0.2, -0.15) is 4.31 Å². The minimum atomic E-state index is -4.00. The molecule has 0 saturated carbocycles. The van der Waals surface area contributed by atoms with Crippen LogP contribution in [0, 0.1) is 0 Å². The Hall–Kier alpha value is -3.04. The number of ether oxygens (including phenoxy) is 1. The van der Waals surface area contributed by atoms with Crippen molar-refractivity contribution in [3.8, 4) is 5.75 Å². The lowest BCUT2D eigenvalue weighted by Crippen LogP contribution is -2.49. The molecule has 2 atom stereocenters. The quantitative estimate of drug-likeness (QED) is 0.370. The summed E-state index contributed by atoms with van der Waals surface area (Å²) in [4.78, 5) is 38.1. The lowest BCUT2D eigenvalue weighted by molar-refractivity contribution is -0.132. The standard InChI is InChI=1S/C22H24N2O6S/c1-4-15(2)24(31(28,29)19-8-6-5-7-9-19)20-14-21(26)23(22(20)27)17-10-12-18(13-11-17)30-16(3)25/h5-13,15,20H,4,14H2,1-3H3. The van der Waals surface area contributed by atoms with Crippen molar-refractivity contribution in [3.05, 3.63) is 54.6 Å². The molecule has 1 fully saturated rings. The fourth-order valence-corrected chi connectivity index (χ4v) is 5.39. The fraction of sp³-hybridized carbons (Fsp3) is 0.318. The van der Waals surface area contributed by atoms with Gasteiger partial charge in [0.2, 0.25) is 15.9 Å². The topological polar surface area (TPSA) is 101 Å². The maximum atomic E-state index is 13.4. The number of hydrogen-bond acceptors (Lipinski definition) is 6. The van der Waals surface area contributed by atoms with Crippen molar-refractivity contribution in [2.75, 3.05) is 4.90 Å². The number of sulfonamides is 1. The molecule has 0 aromatic heterocycles. The largest absolute Gasteiger partial charge is 0.427 e. The van der Waals surface area contributed by atoms with Crippen molar-refractivity contribution in [1.29, 1.82) is 0 Å². The molecule has 0 spiro atoms. The Balaban J connectivity index is 1.95. The molecule has 1 aliphatic rings. The molecule has 1 heterocycles. The van der Waals surface area contributed by atoms with Gasteiger partial charge in [-0.25, -0.2) is 13.3 Å². The average molecular weight is 445 g/mol. The number of esters is 1. The lowest BCUT2D eigenvalue weighted by atomic mass is 10.2. The number of benzene rings is 2. The van der Waals surface area contributed by atoms with Crippen LogP contribution in [0.2, 0.25) is 0 Å². The van der Waals surface area contributed by atoms with E-state index in [-0.39, 0.29) is 22.8 Å². The first-order valence-corrected chi connectivity index (χ1v) is 11.3. The molecule has 2 unspecified atom stereocenters. The Morgan fingerprint density at radius 3 is 2.29 bits per heavy atom. The van der Waals surface area contributed by atoms with E-state index in [0.717, 1.165) is 9.21 Å². The van der Waals surface area contributed by atoms with E-state index in [0.29, 0.717) is 6.42 Å². The van der Waals surface area contributed by atoms with E-state index < -0.39 is 39.9 Å². The molecule has 0 bridgehead atoms. The first kappa shape index (κ1) is 22.6. The van der Waals surface area contributed by atoms with E-state index >= 15 is 0 Å². The minimum Gasteiger partial charge on any atom is -0.427 e. The Kier molecular flexibility index (Phi) is 6.56. The second-order valence-corrected chi connectivity index (χ2v) is 9.12. The molecule has 8 nitrogen and oxygen atoms in total. The third-order valence-corrected chi connectivity index (χ3v) is 7.17. The summed E-state index contributed by atoms with van der Waals surface area (Å²) >= 11 is 0. The summed E-state index contributed by atoms with van der Waals surface area (Å²) in [6, 6.07) is 12.1. The predicted octanol–water partition coefficient (Wildman–Crippen LogP) is 2.73. The van der Waals surface area contributed by atoms with E-state index in [4.69, 9.17) is 4.74 Å². The molecular weight excluding hydrogens is 420 g/mol. The summed E-state index contributed by atoms with van der Waals surface area (Å²) in [5.74, 6) is -1.31. The van der Waals surface area contributed by atoms with Gasteiger partial charge in [0.05, 0.1) is 17.0 Å². The second-order valence-electron chi connectivity index (χ2n) is 7.28. The number of carbonyl (C=O) groups excluding carboxylic acids is 3. The highest BCUT2D eigenvalue weighted by Crippen LogP contribution is 2.32. The normalized spacial score (nSPS) is 17.8. The maximum Gasteiger partial charge on any atom is 0.308 e. The monoisotopic (exact) mass is 444 g/mol. The summed E-state index contributed by atoms with van der Waals surface area (Å²) in [6.45, 7) is 4.81. The van der Waals surface area contributed by atoms with Gasteiger partial charge in [-0.05, 0) is 49.7 Å². The zero-order valence-corrected chi connectivity index (χ0v) is 18.3. The molecule has 2 aromatic carbocycles. The highest BCUT2D eigenvalue weighted by Gasteiger charge is 2.48. The van der Waals surface area contributed by atoms with Crippen LogP contribution in [-0.2, 0) is 24.4 Å². The van der Waals surface area contributed by atoms with Crippen LogP contribution in [0.25, 0.3) is 0 Å². The zero-order valence-electron chi connectivity index (χ0n) is 17.5. The predicted molar refractivity (Wildman–Crippen MR) is 114 cm³/mol. The van der Waals surface area contributed by atoms with Crippen molar-refractivity contribution >= 4 is 33.5 Å². The van der Waals surface area contributed by atoms with Gasteiger partial charge in [-0.3, -0.25) is 14.4 Å². The van der Waals surface area contributed by atoms with Crippen LogP contribution in [0.1, 0.15) is 33.6 Å². The Morgan fingerprint density at radius 2 is 1.74 bits per heavy atom. The number of anilines is 1. The first-order valence-electron chi connectivity index (χ1n) is 9.90. The number of rotatable bonds is 7. The Bertz CT molecular complexity index is 1080. The summed E-state index contributed by atoms with van der Waals surface area (Å²) in [5, 5.41) is 0. The average Bonchev–Trinajstić information content (AvgIpc) is 3.02. The highest BCUT2D eigenvalue weighted by molar-refractivity contribution is 7.89. The zero-order chi connectivity index (χ0) is 22.8. The molecule has 31 heavy (non-hydrogen) atoms. The van der Waals surface area contributed by atoms with Crippen LogP contribution < -0.4 is 9.64 Å². The summed E-state index contributed by atoms with van der Waals surface area (Å²) < 4.78 is 32.8. The number of hydrogen-bond donors (Lipinski definition) is 0. The first-order chi connectivity index (χ1) is 14.7. The molecule has 0 aliphatic carbocycles. The molecule has 2 aromatic rings. The van der Waals surface area contributed by atoms with Gasteiger partial charge in [0.25, 0.3) is 5.91 Å². The molecule has 1 saturated heterocycles. The van der Waals surface area contributed by atoms with Crippen molar-refractivity contribution in [2.24, 2.45) is 0 Å². The molecular formula is C22H24N2O6S. The van der Waals surface area contributed by atoms with Gasteiger partial charge < -0.3 is 4.74 Å². The third kappa shape index (κ3) is 4.52. The maximum absolute atomic E-state index is 13.4. The molecule has 2 amide bonds. The number of carbonyl (C=O) groups is 3. The van der Waals surface area contributed by atoms with Crippen LogP contribution >= 0.6 is 0 Å². The highest BCUT2D eigenvalue weighted by atomic mass is 32.2. The van der Waals surface area contributed by atoms with Crippen LogP contribution in [0.3, 0.4) is 0 Å². The van der Waals surface area contributed by atoms with Crippen molar-refractivity contribution in [1.82, 2.24) is 4.31 Å². The number of nitrogens with zero attached hydrogens (tertiary/aromatic N) is 2. The van der Waals surface area contributed by atoms with Gasteiger partial charge in [0.15, 0.2) is 0 Å². The molecule has 0 radical (unpaired) electrons. The molecule has 164 valence electrons. The Morgan fingerprint density at radius 1 is 1.13 bits per heavy atom. The third-order valence-electron chi connectivity index (χ3n) is 5.13. The molecule has 0 N–H and O–H groups in total. The lowest BCUT2D eigenvalue weighted by Gasteiger charge is -2.31. The molecule has 3 rings (SSSR count). The fourth-order valence-electron chi connectivity index (χ4n) is 3.52. The van der Waals surface area contributed by atoms with E-state index in [1.165, 1.54) is 43.3 Å². The van der Waals surface area contributed by atoms with Crippen LogP contribution in [0.5, 0.6) is 5.75 Å². The number of imide groups is 1. The Labute approximate surface area is 181 Å². The molecule has 9 heteroatoms. The van der Waals surface area contributed by atoms with Crippen molar-refractivity contribution in [3.63, 3.8) is 0 Å². The molecule has 1 aliphatic heterocycles. The summed E-state index contributed by atoms with van der Waals surface area (Å²) in [7, 11) is -4.00.